The highest BCUT2D eigenvalue weighted by Gasteiger charge is 2.47. The minimum atomic E-state index is -1.23. The lowest BCUT2D eigenvalue weighted by Crippen LogP contribution is -2.57. The summed E-state index contributed by atoms with van der Waals surface area (Å²) in [5.41, 5.74) is 4.63. The van der Waals surface area contributed by atoms with E-state index in [9.17, 15) is 58.5 Å². The zero-order chi connectivity index (χ0) is 66.5. The Labute approximate surface area is 529 Å². The summed E-state index contributed by atoms with van der Waals surface area (Å²) >= 11 is 0. The average molecular weight is 1260 g/mol. The van der Waals surface area contributed by atoms with Gasteiger partial charge in [-0.1, -0.05) is 90.8 Å². The van der Waals surface area contributed by atoms with Crippen LogP contribution in [0.5, 0.6) is 0 Å². The normalized spacial score (nSPS) is 25.7. The van der Waals surface area contributed by atoms with E-state index < -0.39 is 95.5 Å². The first-order chi connectivity index (χ1) is 42.6. The van der Waals surface area contributed by atoms with E-state index in [0.29, 0.717) is 68.2 Å². The van der Waals surface area contributed by atoms with E-state index in [4.69, 9.17) is 29.4 Å². The van der Waals surface area contributed by atoms with Gasteiger partial charge in [-0.05, 0) is 107 Å². The molecule has 0 spiro atoms. The summed E-state index contributed by atoms with van der Waals surface area (Å²) < 4.78 is 29.8. The highest BCUT2D eigenvalue weighted by atomic mass is 16.6. The molecule has 5 rings (SSSR count). The van der Waals surface area contributed by atoms with Crippen LogP contribution in [-0.2, 0) is 63.9 Å². The van der Waals surface area contributed by atoms with Gasteiger partial charge in [-0.15, -0.1) is 0 Å². The number of methoxy groups -OCH3 is 1. The number of esters is 1. The van der Waals surface area contributed by atoms with Crippen molar-refractivity contribution >= 4 is 59.3 Å². The molecule has 0 bridgehead atoms. The molecule has 2 fully saturated rings. The van der Waals surface area contributed by atoms with Gasteiger partial charge in [-0.25, -0.2) is 9.59 Å². The number of unbranched alkanes of at least 4 members (excludes halogenated alkanes) is 3. The third-order valence-electron chi connectivity index (χ3n) is 17.3. The highest BCUT2D eigenvalue weighted by molar-refractivity contribution is 6.12. The number of amides is 8. The number of hydrogen-bond donors (Lipinski definition) is 7. The first kappa shape index (κ1) is 73.7. The van der Waals surface area contributed by atoms with E-state index in [-0.39, 0.29) is 113 Å². The fourth-order valence-electron chi connectivity index (χ4n) is 11.3. The molecule has 2 saturated heterocycles. The molecule has 0 aromatic heterocycles. The lowest BCUT2D eigenvalue weighted by molar-refractivity contribution is -0.151. The number of primary amides is 1. The summed E-state index contributed by atoms with van der Waals surface area (Å²) in [5.74, 6) is -4.17. The molecule has 90 heavy (non-hydrogen) atoms. The topological polar surface area (TPSA) is 336 Å². The van der Waals surface area contributed by atoms with Crippen molar-refractivity contribution in [2.24, 2.45) is 23.5 Å². The largest absolute Gasteiger partial charge is 0.457 e. The third kappa shape index (κ3) is 22.7. The smallest absolute Gasteiger partial charge is 0.410 e. The third-order valence-corrected chi connectivity index (χ3v) is 17.3. The van der Waals surface area contributed by atoms with Crippen LogP contribution in [0, 0.1) is 17.8 Å². The van der Waals surface area contributed by atoms with Crippen molar-refractivity contribution in [3.63, 3.8) is 0 Å². The molecule has 1 aromatic rings. The molecule has 4 heterocycles. The molecule has 0 aliphatic carbocycles. The molecule has 500 valence electrons. The van der Waals surface area contributed by atoms with Crippen LogP contribution in [0.2, 0.25) is 0 Å². The Balaban J connectivity index is 1.16. The zero-order valence-corrected chi connectivity index (χ0v) is 54.2. The number of imide groups is 1. The number of rotatable bonds is 30. The second-order valence-electron chi connectivity index (χ2n) is 25.2. The van der Waals surface area contributed by atoms with Crippen LogP contribution in [0.25, 0.3) is 0 Å². The predicted molar refractivity (Wildman–Crippen MR) is 334 cm³/mol. The molecule has 0 saturated carbocycles. The highest BCUT2D eigenvalue weighted by Crippen LogP contribution is 2.38. The van der Waals surface area contributed by atoms with Crippen LogP contribution in [0.3, 0.4) is 0 Å². The van der Waals surface area contributed by atoms with Gasteiger partial charge in [0.2, 0.25) is 23.6 Å². The molecule has 13 atom stereocenters. The fourth-order valence-corrected chi connectivity index (χ4v) is 11.3. The van der Waals surface area contributed by atoms with Crippen LogP contribution in [0.15, 0.2) is 72.4 Å². The second kappa shape index (κ2) is 35.0. The SMILES string of the molecule is CC[C@@H]1CN(C(=O)O[C@H]2/C=C/[C@H](C)[C@@H](/C(C)=C/C=C/[C@](C)(O)C[C@H]3O[C@@H]3[C@H](C)[C@@H](O)CC)OC(=O)C[C@H](O)CC[C@@]2(C)OC)CCN1C(=O)OCc1ccc(NC(=O)[C@H](CCCCC(N)=O)NC(=O)[C@@H](NC(=O)CCCCCN2C(=O)C=CC2=O)C(C)C)cc1. The Kier molecular flexibility index (Phi) is 28.7. The van der Waals surface area contributed by atoms with E-state index in [2.05, 4.69) is 16.0 Å². The summed E-state index contributed by atoms with van der Waals surface area (Å²) in [7, 11) is 1.49. The summed E-state index contributed by atoms with van der Waals surface area (Å²) in [5, 5.41) is 40.9. The lowest BCUT2D eigenvalue weighted by atomic mass is 9.88. The molecule has 1 aromatic carbocycles. The number of ether oxygens (including phenoxy) is 5. The summed E-state index contributed by atoms with van der Waals surface area (Å²) in [4.78, 5) is 121. The summed E-state index contributed by atoms with van der Waals surface area (Å²) in [6.45, 7) is 16.9. The maximum Gasteiger partial charge on any atom is 0.410 e. The lowest BCUT2D eigenvalue weighted by Gasteiger charge is -2.41. The number of allylic oxidation sites excluding steroid dienone is 2. The van der Waals surface area contributed by atoms with E-state index >= 15 is 0 Å². The van der Waals surface area contributed by atoms with E-state index in [1.807, 2.05) is 27.7 Å². The number of nitrogens with one attached hydrogen (secondary N) is 3. The van der Waals surface area contributed by atoms with E-state index in [1.54, 1.807) is 94.2 Å². The van der Waals surface area contributed by atoms with Crippen LogP contribution in [0.1, 0.15) is 158 Å². The maximum atomic E-state index is 14.2. The average Bonchev–Trinajstić information content (AvgIpc) is 1.65. The van der Waals surface area contributed by atoms with Gasteiger partial charge in [-0.2, -0.15) is 0 Å². The van der Waals surface area contributed by atoms with Crippen molar-refractivity contribution in [1.29, 1.82) is 0 Å². The van der Waals surface area contributed by atoms with Gasteiger partial charge < -0.3 is 70.5 Å². The standard InChI is InChI=1S/C66H99N7O17/c1-11-47-39-71(63(83)89-52-28-23-43(6)59(90-57(80)37-48(74)31-33-66(52,9)86-10)42(5)19-18-32-65(8,85)38-51-60(88-51)44(7)50(75)12-2)35-36-72(47)64(84)87-40-45-24-26-46(27-25-45)68-61(81)49(20-15-16-21-53(67)76)69-62(82)58(41(3)4)70-54(77)22-14-13-17-34-73-55(78)29-30-56(73)79/h18-19,23-30,32,41,43-44,47-52,58-60,74-75,85H,11-17,20-22,31,33-40H2,1-10H3,(H2,67,76)(H,68,81)(H,69,82)(H,70,77)/b28-23+,32-18+,42-19+/t43-,44+,47+,48+,49-,50-,51+,52-,58-,59+,60+,65-,66+/m0/s1. The van der Waals surface area contributed by atoms with Gasteiger partial charge in [0.25, 0.3) is 11.8 Å². The Morgan fingerprint density at radius 3 is 2.26 bits per heavy atom. The summed E-state index contributed by atoms with van der Waals surface area (Å²) in [6.07, 6.45) is 10.3. The first-order valence-corrected chi connectivity index (χ1v) is 31.8. The quantitative estimate of drug-likeness (QED) is 0.00858. The van der Waals surface area contributed by atoms with Crippen LogP contribution < -0.4 is 21.7 Å². The predicted octanol–water partition coefficient (Wildman–Crippen LogP) is 6.19. The molecule has 0 radical (unpaired) electrons. The number of hydrogen-bond acceptors (Lipinski definition) is 17. The first-order valence-electron chi connectivity index (χ1n) is 31.8. The Morgan fingerprint density at radius 2 is 1.61 bits per heavy atom. The zero-order valence-electron chi connectivity index (χ0n) is 54.2. The van der Waals surface area contributed by atoms with Crippen molar-refractivity contribution in [2.75, 3.05) is 38.6 Å². The van der Waals surface area contributed by atoms with Gasteiger partial charge >= 0.3 is 18.2 Å². The number of epoxide rings is 1. The number of nitrogens with two attached hydrogens (primary N) is 1. The van der Waals surface area contributed by atoms with Gasteiger partial charge in [-0.3, -0.25) is 38.5 Å². The van der Waals surface area contributed by atoms with Gasteiger partial charge in [0, 0.05) is 82.2 Å². The minimum absolute atomic E-state index is 0.0619. The number of cyclic esters (lactones) is 1. The van der Waals surface area contributed by atoms with Crippen LogP contribution in [-0.4, -0.2) is 183 Å². The Hall–Kier alpha value is -6.99. The van der Waals surface area contributed by atoms with Crippen molar-refractivity contribution in [2.45, 2.75) is 225 Å². The maximum absolute atomic E-state index is 14.2. The monoisotopic (exact) mass is 1260 g/mol. The fraction of sp³-hybridized carbons (Fsp3) is 0.652. The van der Waals surface area contributed by atoms with E-state index in [1.165, 1.54) is 24.2 Å². The molecular weight excluding hydrogens is 1160 g/mol. The van der Waals surface area contributed by atoms with Crippen molar-refractivity contribution in [3.8, 4) is 0 Å². The molecule has 24 nitrogen and oxygen atoms in total. The number of aliphatic hydroxyl groups is 3. The van der Waals surface area contributed by atoms with Crippen LogP contribution >= 0.6 is 0 Å². The molecule has 4 aliphatic heterocycles. The molecule has 4 aliphatic rings. The number of nitrogens with zero attached hydrogens (tertiary/aromatic N) is 3. The minimum Gasteiger partial charge on any atom is -0.457 e. The molecule has 8 amide bonds. The summed E-state index contributed by atoms with van der Waals surface area (Å²) in [6, 6.07) is 4.14. The van der Waals surface area contributed by atoms with Crippen molar-refractivity contribution < 1.29 is 82.2 Å². The molecular formula is C66H99N7O17. The number of benzene rings is 1. The van der Waals surface area contributed by atoms with Crippen LogP contribution in [0.4, 0.5) is 15.3 Å². The molecule has 0 unspecified atom stereocenters. The molecule has 24 heteroatoms. The Morgan fingerprint density at radius 1 is 0.922 bits per heavy atom. The van der Waals surface area contributed by atoms with E-state index in [0.717, 1.165) is 4.90 Å². The van der Waals surface area contributed by atoms with Crippen molar-refractivity contribution in [3.05, 3.63) is 77.9 Å². The van der Waals surface area contributed by atoms with Crippen molar-refractivity contribution in [1.82, 2.24) is 25.3 Å². The number of aliphatic hydroxyl groups excluding tert-OH is 2. The second-order valence-corrected chi connectivity index (χ2v) is 25.2. The van der Waals surface area contributed by atoms with Gasteiger partial charge in [0.05, 0.1) is 42.5 Å². The number of piperazine rings is 1. The van der Waals surface area contributed by atoms with Gasteiger partial charge in [0.1, 0.15) is 30.4 Å². The number of carbonyl (C=O) groups excluding carboxylic acids is 9. The van der Waals surface area contributed by atoms with Gasteiger partial charge in [0.15, 0.2) is 6.10 Å². The number of carbonyl (C=O) groups is 9. The Bertz CT molecular complexity index is 2730. The number of anilines is 1. The molecule has 8 N–H and O–H groups in total.